The third kappa shape index (κ3) is 3.32. The van der Waals surface area contributed by atoms with Crippen LogP contribution >= 0.6 is 0 Å². The van der Waals surface area contributed by atoms with Gasteiger partial charge in [-0.3, -0.25) is 9.69 Å². The highest BCUT2D eigenvalue weighted by Gasteiger charge is 2.44. The highest BCUT2D eigenvalue weighted by molar-refractivity contribution is 5.93. The minimum absolute atomic E-state index is 0.0528. The lowest BCUT2D eigenvalue weighted by Crippen LogP contribution is -2.44. The van der Waals surface area contributed by atoms with Gasteiger partial charge in [-0.2, -0.15) is 0 Å². The van der Waals surface area contributed by atoms with Gasteiger partial charge in [0.1, 0.15) is 5.76 Å². The molecule has 2 aromatic rings. The second-order valence-electron chi connectivity index (χ2n) is 6.99. The van der Waals surface area contributed by atoms with E-state index in [1.165, 1.54) is 0 Å². The molecule has 25 heavy (non-hydrogen) atoms. The fraction of sp³-hybridized carbons (Fsp3) is 0.474. The van der Waals surface area contributed by atoms with E-state index in [0.29, 0.717) is 0 Å². The van der Waals surface area contributed by atoms with Gasteiger partial charge in [0.05, 0.1) is 23.8 Å². The van der Waals surface area contributed by atoms with Crippen LogP contribution in [0.1, 0.15) is 23.4 Å². The largest absolute Gasteiger partial charge is 0.371 e. The van der Waals surface area contributed by atoms with E-state index < -0.39 is 0 Å². The predicted molar refractivity (Wildman–Crippen MR) is 93.1 cm³/mol. The van der Waals surface area contributed by atoms with Crippen LogP contribution in [0.15, 0.2) is 34.9 Å². The minimum Gasteiger partial charge on any atom is -0.371 e. The van der Waals surface area contributed by atoms with E-state index in [-0.39, 0.29) is 24.0 Å². The molecule has 4 rings (SSSR count). The summed E-state index contributed by atoms with van der Waals surface area (Å²) >= 11 is 0. The zero-order chi connectivity index (χ0) is 17.4. The van der Waals surface area contributed by atoms with Gasteiger partial charge < -0.3 is 14.6 Å². The van der Waals surface area contributed by atoms with E-state index in [0.717, 1.165) is 48.8 Å². The second kappa shape index (κ2) is 6.61. The molecule has 1 amide bonds. The first-order valence-electron chi connectivity index (χ1n) is 8.75. The van der Waals surface area contributed by atoms with Crippen LogP contribution in [-0.4, -0.2) is 41.3 Å². The molecule has 2 bridgehead atoms. The molecule has 0 spiro atoms. The number of likely N-dealkylation sites (tertiary alicyclic amines) is 1. The number of ether oxygens (including phenoxy) is 1. The number of anilines is 1. The molecule has 1 aromatic heterocycles. The molecule has 132 valence electrons. The molecule has 0 radical (unpaired) electrons. The molecule has 6 heteroatoms. The number of para-hydroxylation sites is 1. The van der Waals surface area contributed by atoms with Gasteiger partial charge in [-0.15, -0.1) is 0 Å². The number of carbonyl (C=O) groups is 1. The number of nitrogens with one attached hydrogen (secondary N) is 1. The number of benzene rings is 1. The number of rotatable bonds is 4. The average molecular weight is 341 g/mol. The predicted octanol–water partition coefficient (Wildman–Crippen LogP) is 2.52. The van der Waals surface area contributed by atoms with Crippen molar-refractivity contribution in [2.75, 3.05) is 18.4 Å². The number of amides is 1. The Hall–Kier alpha value is -2.18. The summed E-state index contributed by atoms with van der Waals surface area (Å²) in [5.74, 6) is 0.826. The fourth-order valence-corrected chi connectivity index (χ4v) is 3.85. The Morgan fingerprint density at radius 3 is 2.80 bits per heavy atom. The SMILES string of the molecule is Cc1noc(C)c1CN1C[C@H]2C[C@H](C(=O)Nc3ccccc3)[C@@H](C1)O2. The van der Waals surface area contributed by atoms with Crippen molar-refractivity contribution in [2.24, 2.45) is 5.92 Å². The molecule has 0 aliphatic carbocycles. The number of nitrogens with zero attached hydrogens (tertiary/aromatic N) is 2. The van der Waals surface area contributed by atoms with Crippen molar-refractivity contribution in [1.82, 2.24) is 10.1 Å². The smallest absolute Gasteiger partial charge is 0.230 e. The summed E-state index contributed by atoms with van der Waals surface area (Å²) in [5.41, 5.74) is 2.92. The molecule has 1 N–H and O–H groups in total. The Kier molecular flexibility index (Phi) is 4.31. The standard InChI is InChI=1S/C19H23N3O3/c1-12-17(13(2)25-21-12)10-22-9-15-8-16(18(11-22)24-15)19(23)20-14-6-4-3-5-7-14/h3-7,15-16,18H,8-11H2,1-2H3,(H,20,23)/t15-,16+,18-/m1/s1. The number of hydrogen-bond acceptors (Lipinski definition) is 5. The molecule has 2 fully saturated rings. The zero-order valence-electron chi connectivity index (χ0n) is 14.6. The first kappa shape index (κ1) is 16.3. The monoisotopic (exact) mass is 341 g/mol. The number of hydrogen-bond donors (Lipinski definition) is 1. The van der Waals surface area contributed by atoms with Crippen LogP contribution in [0, 0.1) is 19.8 Å². The summed E-state index contributed by atoms with van der Waals surface area (Å²) in [7, 11) is 0. The van der Waals surface area contributed by atoms with E-state index in [1.54, 1.807) is 0 Å². The molecule has 0 unspecified atom stereocenters. The Morgan fingerprint density at radius 1 is 1.28 bits per heavy atom. The molecule has 3 atom stereocenters. The second-order valence-corrected chi connectivity index (χ2v) is 6.99. The third-order valence-electron chi connectivity index (χ3n) is 5.17. The van der Waals surface area contributed by atoms with E-state index in [2.05, 4.69) is 15.4 Å². The van der Waals surface area contributed by atoms with Crippen LogP contribution in [0.25, 0.3) is 0 Å². The first-order chi connectivity index (χ1) is 12.1. The Morgan fingerprint density at radius 2 is 2.08 bits per heavy atom. The molecular weight excluding hydrogens is 318 g/mol. The molecule has 2 saturated heterocycles. The molecule has 6 nitrogen and oxygen atoms in total. The fourth-order valence-electron chi connectivity index (χ4n) is 3.85. The quantitative estimate of drug-likeness (QED) is 0.925. The maximum Gasteiger partial charge on any atom is 0.230 e. The maximum absolute atomic E-state index is 12.7. The van der Waals surface area contributed by atoms with Gasteiger partial charge in [-0.25, -0.2) is 0 Å². The van der Waals surface area contributed by atoms with Gasteiger partial charge in [0.25, 0.3) is 0 Å². The Bertz CT molecular complexity index is 739. The van der Waals surface area contributed by atoms with E-state index in [1.807, 2.05) is 44.2 Å². The lowest BCUT2D eigenvalue weighted by molar-refractivity contribution is -0.123. The summed E-state index contributed by atoms with van der Waals surface area (Å²) < 4.78 is 11.3. The average Bonchev–Trinajstić information content (AvgIpc) is 3.08. The lowest BCUT2D eigenvalue weighted by Gasteiger charge is -2.32. The molecule has 2 aliphatic heterocycles. The van der Waals surface area contributed by atoms with Crippen molar-refractivity contribution in [1.29, 1.82) is 0 Å². The van der Waals surface area contributed by atoms with Crippen LogP contribution < -0.4 is 5.32 Å². The van der Waals surface area contributed by atoms with Crippen LogP contribution in [0.2, 0.25) is 0 Å². The van der Waals surface area contributed by atoms with Crippen molar-refractivity contribution >= 4 is 11.6 Å². The highest BCUT2D eigenvalue weighted by atomic mass is 16.5. The van der Waals surface area contributed by atoms with Crippen LogP contribution in [-0.2, 0) is 16.1 Å². The highest BCUT2D eigenvalue weighted by Crippen LogP contribution is 2.33. The molecule has 3 heterocycles. The van der Waals surface area contributed by atoms with Crippen LogP contribution in [0.3, 0.4) is 0 Å². The Labute approximate surface area is 147 Å². The van der Waals surface area contributed by atoms with E-state index in [4.69, 9.17) is 9.26 Å². The van der Waals surface area contributed by atoms with E-state index >= 15 is 0 Å². The number of fused-ring (bicyclic) bond motifs is 2. The summed E-state index contributed by atoms with van der Waals surface area (Å²) in [6, 6.07) is 9.59. The minimum atomic E-state index is -0.0973. The normalized spacial score (nSPS) is 25.9. The van der Waals surface area contributed by atoms with Gasteiger partial charge in [-0.1, -0.05) is 23.4 Å². The Balaban J connectivity index is 1.41. The van der Waals surface area contributed by atoms with Gasteiger partial charge >= 0.3 is 0 Å². The van der Waals surface area contributed by atoms with E-state index in [9.17, 15) is 4.79 Å². The van der Waals surface area contributed by atoms with Crippen molar-refractivity contribution < 1.29 is 14.1 Å². The summed E-state index contributed by atoms with van der Waals surface area (Å²) in [6.45, 7) is 6.31. The first-order valence-corrected chi connectivity index (χ1v) is 8.75. The lowest BCUT2D eigenvalue weighted by atomic mass is 9.99. The van der Waals surface area contributed by atoms with Crippen LogP contribution in [0.5, 0.6) is 0 Å². The van der Waals surface area contributed by atoms with Gasteiger partial charge in [-0.05, 0) is 32.4 Å². The number of aryl methyl sites for hydroxylation is 2. The molecule has 1 aromatic carbocycles. The van der Waals surface area contributed by atoms with Crippen LogP contribution in [0.4, 0.5) is 5.69 Å². The summed E-state index contributed by atoms with van der Waals surface area (Å²) in [6.07, 6.45) is 0.843. The van der Waals surface area contributed by atoms with Crippen molar-refractivity contribution in [3.63, 3.8) is 0 Å². The number of morpholine rings is 1. The van der Waals surface area contributed by atoms with Crippen molar-refractivity contribution in [3.05, 3.63) is 47.3 Å². The summed E-state index contributed by atoms with van der Waals surface area (Å²) in [4.78, 5) is 15.0. The van der Waals surface area contributed by atoms with Crippen molar-refractivity contribution in [2.45, 2.75) is 39.0 Å². The third-order valence-corrected chi connectivity index (χ3v) is 5.17. The topological polar surface area (TPSA) is 67.6 Å². The van der Waals surface area contributed by atoms with Crippen molar-refractivity contribution in [3.8, 4) is 0 Å². The maximum atomic E-state index is 12.7. The molecular formula is C19H23N3O3. The number of carbonyl (C=O) groups excluding carboxylic acids is 1. The number of aromatic nitrogens is 1. The van der Waals surface area contributed by atoms with Gasteiger partial charge in [0.15, 0.2) is 0 Å². The summed E-state index contributed by atoms with van der Waals surface area (Å²) in [5, 5.41) is 7.04. The van der Waals surface area contributed by atoms with Gasteiger partial charge in [0, 0.05) is 30.9 Å². The van der Waals surface area contributed by atoms with Gasteiger partial charge in [0.2, 0.25) is 5.91 Å². The molecule has 0 saturated carbocycles. The zero-order valence-corrected chi connectivity index (χ0v) is 14.6. The molecule has 2 aliphatic rings.